The summed E-state index contributed by atoms with van der Waals surface area (Å²) in [7, 11) is 0. The monoisotopic (exact) mass is 408 g/mol. The van der Waals surface area contributed by atoms with Crippen LogP contribution in [-0.4, -0.2) is 42.1 Å². The van der Waals surface area contributed by atoms with Crippen molar-refractivity contribution in [2.24, 2.45) is 5.92 Å². The molecule has 5 atom stereocenters. The minimum absolute atomic E-state index is 0. The molecule has 0 saturated heterocycles. The van der Waals surface area contributed by atoms with Gasteiger partial charge in [-0.05, 0) is 30.2 Å². The molecule has 5 N–H and O–H groups in total. The summed E-state index contributed by atoms with van der Waals surface area (Å²) >= 11 is 5.68. The Bertz CT molecular complexity index is 998. The number of fused-ring (bicyclic) bond motifs is 1. The molecule has 9 heteroatoms. The standard InChI is InChI=1S/C18H18ClFN4O3.CH4/c19-11-2-1-8(5-12(11)20)14(25)10-6-13(16(27)15(10)26)24-4-3-9-17(21)22-7-23-18(9)24;/h1-5,7,10,13-16,25-27H,6H2,(H2,21,22,23);1H4/t10-,13-,14+,15-,16+;/m1./s1. The molecule has 3 aromatic rings. The van der Waals surface area contributed by atoms with Crippen LogP contribution in [0.3, 0.4) is 0 Å². The average molecular weight is 409 g/mol. The molecule has 1 aromatic carbocycles. The molecule has 2 aromatic heterocycles. The number of benzene rings is 1. The van der Waals surface area contributed by atoms with Crippen LogP contribution >= 0.6 is 11.6 Å². The van der Waals surface area contributed by atoms with Crippen LogP contribution in [0.4, 0.5) is 10.2 Å². The van der Waals surface area contributed by atoms with Crippen LogP contribution in [0.25, 0.3) is 11.0 Å². The van der Waals surface area contributed by atoms with E-state index in [0.717, 1.165) is 6.07 Å². The quantitative estimate of drug-likeness (QED) is 0.528. The van der Waals surface area contributed by atoms with E-state index in [1.165, 1.54) is 18.5 Å². The molecule has 0 bridgehead atoms. The molecule has 1 fully saturated rings. The first-order chi connectivity index (χ1) is 12.9. The van der Waals surface area contributed by atoms with Gasteiger partial charge in [0.1, 0.15) is 29.7 Å². The lowest BCUT2D eigenvalue weighted by molar-refractivity contribution is -0.0265. The van der Waals surface area contributed by atoms with Crippen LogP contribution < -0.4 is 5.73 Å². The average Bonchev–Trinajstić information content (AvgIpc) is 3.20. The smallest absolute Gasteiger partial charge is 0.145 e. The maximum absolute atomic E-state index is 13.7. The van der Waals surface area contributed by atoms with E-state index in [9.17, 15) is 19.7 Å². The van der Waals surface area contributed by atoms with E-state index in [1.807, 2.05) is 0 Å². The van der Waals surface area contributed by atoms with Gasteiger partial charge >= 0.3 is 0 Å². The van der Waals surface area contributed by atoms with Gasteiger partial charge in [-0.2, -0.15) is 0 Å². The van der Waals surface area contributed by atoms with Crippen LogP contribution in [0.1, 0.15) is 31.6 Å². The maximum Gasteiger partial charge on any atom is 0.145 e. The number of aliphatic hydroxyl groups is 3. The predicted octanol–water partition coefficient (Wildman–Crippen LogP) is 2.46. The summed E-state index contributed by atoms with van der Waals surface area (Å²) in [6.07, 6.45) is -0.176. The second kappa shape index (κ2) is 7.63. The zero-order chi connectivity index (χ0) is 19.3. The molecule has 0 aliphatic heterocycles. The minimum atomic E-state index is -1.19. The second-order valence-corrected chi connectivity index (χ2v) is 7.19. The third-order valence-electron chi connectivity index (χ3n) is 5.28. The number of nitrogen functional groups attached to an aromatic ring is 1. The number of halogens is 2. The minimum Gasteiger partial charge on any atom is -0.390 e. The van der Waals surface area contributed by atoms with Crippen LogP contribution in [0.5, 0.6) is 0 Å². The highest BCUT2D eigenvalue weighted by molar-refractivity contribution is 6.30. The summed E-state index contributed by atoms with van der Waals surface area (Å²) in [6.45, 7) is 0. The molecule has 4 rings (SSSR count). The van der Waals surface area contributed by atoms with Crippen molar-refractivity contribution in [1.82, 2.24) is 14.5 Å². The highest BCUT2D eigenvalue weighted by Crippen LogP contribution is 2.43. The van der Waals surface area contributed by atoms with Crippen LogP contribution in [0, 0.1) is 11.7 Å². The van der Waals surface area contributed by atoms with Gasteiger partial charge in [-0.25, -0.2) is 14.4 Å². The highest BCUT2D eigenvalue weighted by atomic mass is 35.5. The Hall–Kier alpha value is -2.26. The van der Waals surface area contributed by atoms with Crippen molar-refractivity contribution in [3.05, 3.63) is 53.2 Å². The van der Waals surface area contributed by atoms with Crippen LogP contribution in [0.15, 0.2) is 36.8 Å². The third-order valence-corrected chi connectivity index (χ3v) is 5.59. The fourth-order valence-corrected chi connectivity index (χ4v) is 3.95. The van der Waals surface area contributed by atoms with Gasteiger partial charge in [0.25, 0.3) is 0 Å². The van der Waals surface area contributed by atoms with E-state index in [-0.39, 0.29) is 24.4 Å². The Morgan fingerprint density at radius 2 is 1.96 bits per heavy atom. The first-order valence-electron chi connectivity index (χ1n) is 8.44. The second-order valence-electron chi connectivity index (χ2n) is 6.79. The van der Waals surface area contributed by atoms with Crippen molar-refractivity contribution < 1.29 is 19.7 Å². The molecular formula is C19H22ClFN4O3. The largest absolute Gasteiger partial charge is 0.390 e. The van der Waals surface area contributed by atoms with Crippen molar-refractivity contribution in [2.75, 3.05) is 5.73 Å². The van der Waals surface area contributed by atoms with E-state index in [4.69, 9.17) is 17.3 Å². The molecule has 1 aliphatic rings. The van der Waals surface area contributed by atoms with Crippen molar-refractivity contribution in [2.45, 2.75) is 38.2 Å². The van der Waals surface area contributed by atoms with Gasteiger partial charge < -0.3 is 25.6 Å². The summed E-state index contributed by atoms with van der Waals surface area (Å²) < 4.78 is 15.4. The fraction of sp³-hybridized carbons (Fsp3) is 0.368. The molecular weight excluding hydrogens is 387 g/mol. The molecule has 0 spiro atoms. The molecule has 1 saturated carbocycles. The number of rotatable bonds is 3. The van der Waals surface area contributed by atoms with Gasteiger partial charge in [-0.1, -0.05) is 25.1 Å². The summed E-state index contributed by atoms with van der Waals surface area (Å²) in [5.74, 6) is -1.02. The lowest BCUT2D eigenvalue weighted by Crippen LogP contribution is -2.31. The summed E-state index contributed by atoms with van der Waals surface area (Å²) in [5.41, 5.74) is 6.67. The van der Waals surface area contributed by atoms with E-state index >= 15 is 0 Å². The number of aromatic nitrogens is 3. The zero-order valence-corrected chi connectivity index (χ0v) is 14.8. The first kappa shape index (κ1) is 20.5. The van der Waals surface area contributed by atoms with Crippen molar-refractivity contribution >= 4 is 28.5 Å². The molecule has 0 radical (unpaired) electrons. The SMILES string of the molecule is C.Nc1ncnc2c1ccn2[C@@H]1C[C@H]([C@@H](O)c2ccc(Cl)c(F)c2)[C@@H](O)[C@H]1O. The maximum atomic E-state index is 13.7. The number of hydrogen-bond donors (Lipinski definition) is 4. The number of nitrogens with two attached hydrogens (primary N) is 1. The van der Waals surface area contributed by atoms with Gasteiger partial charge in [-0.15, -0.1) is 0 Å². The Kier molecular flexibility index (Phi) is 5.58. The van der Waals surface area contributed by atoms with Gasteiger partial charge in [-0.3, -0.25) is 0 Å². The first-order valence-corrected chi connectivity index (χ1v) is 8.82. The van der Waals surface area contributed by atoms with Crippen molar-refractivity contribution in [3.8, 4) is 0 Å². The number of nitrogens with zero attached hydrogens (tertiary/aromatic N) is 3. The number of aliphatic hydroxyl groups excluding tert-OH is 3. The zero-order valence-electron chi connectivity index (χ0n) is 14.1. The normalized spacial score (nSPS) is 25.6. The summed E-state index contributed by atoms with van der Waals surface area (Å²) in [5, 5.41) is 32.3. The summed E-state index contributed by atoms with van der Waals surface area (Å²) in [6, 6.07) is 5.20. The van der Waals surface area contributed by atoms with E-state index in [0.29, 0.717) is 16.9 Å². The number of hydrogen-bond acceptors (Lipinski definition) is 6. The molecule has 0 amide bonds. The Morgan fingerprint density at radius 3 is 2.68 bits per heavy atom. The number of anilines is 1. The Balaban J connectivity index is 0.00000225. The van der Waals surface area contributed by atoms with Crippen LogP contribution in [0.2, 0.25) is 5.02 Å². The molecule has 150 valence electrons. The predicted molar refractivity (Wildman–Crippen MR) is 104 cm³/mol. The van der Waals surface area contributed by atoms with E-state index < -0.39 is 36.1 Å². The lowest BCUT2D eigenvalue weighted by atomic mass is 9.92. The van der Waals surface area contributed by atoms with Crippen molar-refractivity contribution in [1.29, 1.82) is 0 Å². The topological polar surface area (TPSA) is 117 Å². The van der Waals surface area contributed by atoms with Crippen molar-refractivity contribution in [3.63, 3.8) is 0 Å². The Morgan fingerprint density at radius 1 is 1.21 bits per heavy atom. The lowest BCUT2D eigenvalue weighted by Gasteiger charge is -2.22. The van der Waals surface area contributed by atoms with Gasteiger partial charge in [0.05, 0.1) is 28.7 Å². The fourth-order valence-electron chi connectivity index (χ4n) is 3.83. The third kappa shape index (κ3) is 3.22. The molecule has 28 heavy (non-hydrogen) atoms. The van der Waals surface area contributed by atoms with E-state index in [1.54, 1.807) is 16.8 Å². The Labute approximate surface area is 166 Å². The molecule has 7 nitrogen and oxygen atoms in total. The van der Waals surface area contributed by atoms with Gasteiger partial charge in [0, 0.05) is 12.1 Å². The van der Waals surface area contributed by atoms with Gasteiger partial charge in [0.2, 0.25) is 0 Å². The van der Waals surface area contributed by atoms with Crippen LogP contribution in [-0.2, 0) is 0 Å². The van der Waals surface area contributed by atoms with Gasteiger partial charge in [0.15, 0.2) is 0 Å². The molecule has 2 heterocycles. The highest BCUT2D eigenvalue weighted by Gasteiger charge is 2.46. The molecule has 0 unspecified atom stereocenters. The summed E-state index contributed by atoms with van der Waals surface area (Å²) in [4.78, 5) is 8.14. The van der Waals surface area contributed by atoms with E-state index in [2.05, 4.69) is 9.97 Å². The molecule has 1 aliphatic carbocycles.